The zero-order valence-corrected chi connectivity index (χ0v) is 20.9. The number of carbonyl (C=O) groups excluding carboxylic acids is 1. The van der Waals surface area contributed by atoms with Gasteiger partial charge in [0.1, 0.15) is 0 Å². The van der Waals surface area contributed by atoms with Crippen molar-refractivity contribution in [2.24, 2.45) is 23.2 Å². The van der Waals surface area contributed by atoms with Gasteiger partial charge in [0.05, 0.1) is 22.0 Å². The number of thiazole rings is 1. The number of benzene rings is 1. The lowest BCUT2D eigenvalue weighted by Crippen LogP contribution is -2.55. The van der Waals surface area contributed by atoms with Gasteiger partial charge in [0.2, 0.25) is 5.91 Å². The average Bonchev–Trinajstić information content (AvgIpc) is 3.44. The van der Waals surface area contributed by atoms with Gasteiger partial charge in [0.25, 0.3) is 0 Å². The van der Waals surface area contributed by atoms with E-state index in [4.69, 9.17) is 4.98 Å². The first-order chi connectivity index (χ1) is 15.6. The maximum Gasteiger partial charge on any atom is 0.235 e. The summed E-state index contributed by atoms with van der Waals surface area (Å²) in [5.41, 5.74) is 2.20. The molecular weight excluding hydrogens is 452 g/mol. The normalized spacial score (nSPS) is 27.6. The number of hydrogen-bond acceptors (Lipinski definition) is 4. The molecule has 0 aliphatic heterocycles. The summed E-state index contributed by atoms with van der Waals surface area (Å²) < 4.78 is 3.29. The number of nitrogens with zero attached hydrogens (tertiary/aromatic N) is 4. The molecule has 4 fully saturated rings. The van der Waals surface area contributed by atoms with Crippen LogP contribution >= 0.6 is 23.7 Å². The predicted octanol–water partition coefficient (Wildman–Crippen LogP) is 6.12. The van der Waals surface area contributed by atoms with E-state index in [1.54, 1.807) is 11.3 Å². The number of amides is 1. The summed E-state index contributed by atoms with van der Waals surface area (Å²) in [6.45, 7) is 3.77. The van der Waals surface area contributed by atoms with Crippen molar-refractivity contribution in [3.05, 3.63) is 42.5 Å². The third-order valence-corrected chi connectivity index (χ3v) is 9.22. The van der Waals surface area contributed by atoms with Crippen LogP contribution in [0.25, 0.3) is 10.2 Å². The Bertz CT molecular complexity index is 1090. The molecule has 33 heavy (non-hydrogen) atoms. The number of aryl methyl sites for hydroxylation is 2. The lowest BCUT2D eigenvalue weighted by molar-refractivity contribution is -0.143. The fourth-order valence-corrected chi connectivity index (χ4v) is 8.12. The van der Waals surface area contributed by atoms with E-state index in [-0.39, 0.29) is 17.8 Å². The summed E-state index contributed by atoms with van der Waals surface area (Å²) in [5.74, 6) is 2.65. The van der Waals surface area contributed by atoms with Gasteiger partial charge in [-0.25, -0.2) is 9.97 Å². The lowest BCUT2D eigenvalue weighted by atomic mass is 9.49. The Morgan fingerprint density at radius 2 is 1.91 bits per heavy atom. The van der Waals surface area contributed by atoms with Gasteiger partial charge in [0, 0.05) is 25.5 Å². The SMILES string of the molecule is CCc1ccc2nc(N(CCCn3ccnc3)C(=O)C34CC5CC(CC(C5)C3)C4)sc2c1.Cl. The zero-order valence-electron chi connectivity index (χ0n) is 19.3. The molecule has 0 atom stereocenters. The van der Waals surface area contributed by atoms with Gasteiger partial charge < -0.3 is 4.57 Å². The van der Waals surface area contributed by atoms with Crippen molar-refractivity contribution < 1.29 is 4.79 Å². The smallest absolute Gasteiger partial charge is 0.235 e. The Kier molecular flexibility index (Phi) is 6.25. The highest BCUT2D eigenvalue weighted by atomic mass is 35.5. The van der Waals surface area contributed by atoms with Crippen LogP contribution in [-0.4, -0.2) is 27.0 Å². The predicted molar refractivity (Wildman–Crippen MR) is 136 cm³/mol. The fourth-order valence-electron chi connectivity index (χ4n) is 7.07. The van der Waals surface area contributed by atoms with Crippen LogP contribution in [-0.2, 0) is 17.8 Å². The highest BCUT2D eigenvalue weighted by molar-refractivity contribution is 7.22. The van der Waals surface area contributed by atoms with Crippen molar-refractivity contribution in [1.29, 1.82) is 0 Å². The van der Waals surface area contributed by atoms with E-state index in [0.717, 1.165) is 73.6 Å². The quantitative estimate of drug-likeness (QED) is 0.406. The standard InChI is InChI=1S/C26H32N4OS.ClH/c1-2-18-4-5-22-23(13-18)32-25(28-22)30(8-3-7-29-9-6-27-17-29)24(31)26-14-19-10-20(15-26)12-21(11-19)16-26;/h4-6,9,13,17,19-21H,2-3,7-8,10-12,14-16H2,1H3;1H. The molecular formula is C26H33ClN4OS. The van der Waals surface area contributed by atoms with E-state index in [1.807, 2.05) is 18.7 Å². The fraction of sp³-hybridized carbons (Fsp3) is 0.577. The summed E-state index contributed by atoms with van der Waals surface area (Å²) in [6, 6.07) is 6.53. The van der Waals surface area contributed by atoms with Crippen molar-refractivity contribution in [3.8, 4) is 0 Å². The molecule has 176 valence electrons. The minimum atomic E-state index is -0.143. The number of hydrogen-bond donors (Lipinski definition) is 0. The van der Waals surface area contributed by atoms with E-state index >= 15 is 0 Å². The first kappa shape index (κ1) is 22.9. The minimum Gasteiger partial charge on any atom is -0.337 e. The van der Waals surface area contributed by atoms with Crippen molar-refractivity contribution in [3.63, 3.8) is 0 Å². The Hall–Kier alpha value is -1.92. The van der Waals surface area contributed by atoms with E-state index in [2.05, 4.69) is 39.6 Å². The van der Waals surface area contributed by atoms with Crippen LogP contribution in [0.4, 0.5) is 5.13 Å². The average molecular weight is 485 g/mol. The molecule has 1 amide bonds. The summed E-state index contributed by atoms with van der Waals surface area (Å²) in [6.07, 6.45) is 15.0. The molecule has 0 N–H and O–H groups in total. The van der Waals surface area contributed by atoms with Crippen molar-refractivity contribution in [2.75, 3.05) is 11.4 Å². The molecule has 1 aromatic carbocycles. The molecule has 0 radical (unpaired) electrons. The van der Waals surface area contributed by atoms with Crippen LogP contribution in [0.1, 0.15) is 57.4 Å². The highest BCUT2D eigenvalue weighted by Crippen LogP contribution is 2.60. The largest absolute Gasteiger partial charge is 0.337 e. The topological polar surface area (TPSA) is 51.0 Å². The Balaban J connectivity index is 0.00000228. The van der Waals surface area contributed by atoms with E-state index in [1.165, 1.54) is 29.5 Å². The van der Waals surface area contributed by atoms with Crippen molar-refractivity contribution in [2.45, 2.75) is 64.8 Å². The zero-order chi connectivity index (χ0) is 21.7. The second-order valence-electron chi connectivity index (χ2n) is 10.5. The molecule has 0 unspecified atom stereocenters. The van der Waals surface area contributed by atoms with Gasteiger partial charge in [0.15, 0.2) is 5.13 Å². The van der Waals surface area contributed by atoms with Crippen LogP contribution < -0.4 is 4.90 Å². The summed E-state index contributed by atoms with van der Waals surface area (Å²) in [5, 5.41) is 0.889. The maximum atomic E-state index is 14.3. The van der Waals surface area contributed by atoms with Crippen LogP contribution in [0, 0.1) is 23.2 Å². The molecule has 3 aromatic rings. The van der Waals surface area contributed by atoms with Gasteiger partial charge in [-0.1, -0.05) is 24.3 Å². The molecule has 4 aliphatic carbocycles. The molecule has 5 nitrogen and oxygen atoms in total. The van der Waals surface area contributed by atoms with E-state index in [9.17, 15) is 4.79 Å². The summed E-state index contributed by atoms with van der Waals surface area (Å²) >= 11 is 1.69. The lowest BCUT2D eigenvalue weighted by Gasteiger charge is -2.56. The number of aromatic nitrogens is 3. The Morgan fingerprint density at radius 3 is 2.55 bits per heavy atom. The molecule has 4 aliphatic rings. The summed E-state index contributed by atoms with van der Waals surface area (Å²) in [4.78, 5) is 25.4. The molecule has 7 heteroatoms. The van der Waals surface area contributed by atoms with Gasteiger partial charge in [-0.05, 0) is 86.8 Å². The van der Waals surface area contributed by atoms with Crippen molar-refractivity contribution >= 4 is 45.0 Å². The molecule has 2 heterocycles. The third-order valence-electron chi connectivity index (χ3n) is 8.18. The number of imidazole rings is 1. The number of carbonyl (C=O) groups is 1. The number of anilines is 1. The first-order valence-electron chi connectivity index (χ1n) is 12.3. The van der Waals surface area contributed by atoms with Gasteiger partial charge in [-0.15, -0.1) is 12.4 Å². The van der Waals surface area contributed by atoms with Gasteiger partial charge >= 0.3 is 0 Å². The highest BCUT2D eigenvalue weighted by Gasteiger charge is 2.55. The van der Waals surface area contributed by atoms with Crippen LogP contribution in [0.5, 0.6) is 0 Å². The Labute approximate surface area is 206 Å². The first-order valence-corrected chi connectivity index (χ1v) is 13.1. The molecule has 7 rings (SSSR count). The second-order valence-corrected chi connectivity index (χ2v) is 11.5. The molecule has 4 bridgehead atoms. The van der Waals surface area contributed by atoms with E-state index in [0.29, 0.717) is 5.91 Å². The van der Waals surface area contributed by atoms with Crippen LogP contribution in [0.2, 0.25) is 0 Å². The van der Waals surface area contributed by atoms with Crippen LogP contribution in [0.15, 0.2) is 36.9 Å². The second kappa shape index (κ2) is 9.03. The molecule has 2 aromatic heterocycles. The third kappa shape index (κ3) is 4.21. The number of halogens is 1. The van der Waals surface area contributed by atoms with Crippen molar-refractivity contribution in [1.82, 2.24) is 14.5 Å². The van der Waals surface area contributed by atoms with E-state index < -0.39 is 0 Å². The monoisotopic (exact) mass is 484 g/mol. The van der Waals surface area contributed by atoms with Gasteiger partial charge in [-0.3, -0.25) is 9.69 Å². The minimum absolute atomic E-state index is 0. The van der Waals surface area contributed by atoms with Crippen LogP contribution in [0.3, 0.4) is 0 Å². The summed E-state index contributed by atoms with van der Waals surface area (Å²) in [7, 11) is 0. The Morgan fingerprint density at radius 1 is 1.18 bits per heavy atom. The molecule has 4 saturated carbocycles. The molecule has 0 saturated heterocycles. The number of fused-ring (bicyclic) bond motifs is 1. The molecule has 0 spiro atoms. The number of rotatable bonds is 7. The maximum absolute atomic E-state index is 14.3. The van der Waals surface area contributed by atoms with Gasteiger partial charge in [-0.2, -0.15) is 0 Å².